The first-order valence-electron chi connectivity index (χ1n) is 10.4. The third-order valence-electron chi connectivity index (χ3n) is 5.38. The van der Waals surface area contributed by atoms with E-state index in [1.807, 2.05) is 6.07 Å². The third-order valence-corrected chi connectivity index (χ3v) is 5.38. The first-order chi connectivity index (χ1) is 16.6. The highest BCUT2D eigenvalue weighted by molar-refractivity contribution is 5.92. The van der Waals surface area contributed by atoms with Crippen molar-refractivity contribution in [3.8, 4) is 45.9 Å². The molecule has 0 N–H and O–H groups in total. The van der Waals surface area contributed by atoms with Gasteiger partial charge in [0.2, 0.25) is 5.82 Å². The molecular weight excluding hydrogens is 436 g/mol. The molecule has 0 amide bonds. The molecule has 0 aliphatic heterocycles. The Morgan fingerprint density at radius 3 is 2.35 bits per heavy atom. The van der Waals surface area contributed by atoms with Crippen molar-refractivity contribution in [3.63, 3.8) is 0 Å². The van der Waals surface area contributed by atoms with Gasteiger partial charge in [0, 0.05) is 17.5 Å². The Hall–Kier alpha value is -4.66. The van der Waals surface area contributed by atoms with Gasteiger partial charge in [-0.25, -0.2) is 0 Å². The van der Waals surface area contributed by atoms with Crippen molar-refractivity contribution < 1.29 is 18.7 Å². The van der Waals surface area contributed by atoms with Gasteiger partial charge in [-0.05, 0) is 30.3 Å². The summed E-state index contributed by atoms with van der Waals surface area (Å²) in [5, 5.41) is 9.80. The number of benzene rings is 3. The van der Waals surface area contributed by atoms with Gasteiger partial charge in [-0.2, -0.15) is 14.8 Å². The molecule has 0 radical (unpaired) electrons. The lowest BCUT2D eigenvalue weighted by Crippen LogP contribution is -2.22. The van der Waals surface area contributed by atoms with E-state index in [-0.39, 0.29) is 11.4 Å². The van der Waals surface area contributed by atoms with Gasteiger partial charge in [-0.1, -0.05) is 29.4 Å². The van der Waals surface area contributed by atoms with Crippen molar-refractivity contribution >= 4 is 10.8 Å². The molecule has 0 saturated carbocycles. The van der Waals surface area contributed by atoms with E-state index in [2.05, 4.69) is 15.2 Å². The number of nitrogens with zero attached hydrogens (tertiary/aromatic N) is 4. The predicted octanol–water partition coefficient (Wildman–Crippen LogP) is 4.13. The zero-order valence-electron chi connectivity index (χ0n) is 18.7. The molecule has 0 fully saturated rings. The molecular formula is C25H20N4O5. The van der Waals surface area contributed by atoms with E-state index in [4.69, 9.17) is 18.7 Å². The second kappa shape index (κ2) is 8.70. The minimum atomic E-state index is -0.274. The fraction of sp³-hybridized carbons (Fsp3) is 0.120. The molecule has 0 bridgehead atoms. The van der Waals surface area contributed by atoms with Crippen molar-refractivity contribution in [3.05, 3.63) is 77.1 Å². The van der Waals surface area contributed by atoms with Crippen LogP contribution in [0.3, 0.4) is 0 Å². The fourth-order valence-electron chi connectivity index (χ4n) is 3.68. The van der Waals surface area contributed by atoms with Crippen molar-refractivity contribution in [1.82, 2.24) is 19.9 Å². The topological polar surface area (TPSA) is 102 Å². The second-order valence-corrected chi connectivity index (χ2v) is 7.30. The summed E-state index contributed by atoms with van der Waals surface area (Å²) in [6.07, 6.45) is 0. The lowest BCUT2D eigenvalue weighted by atomic mass is 10.1. The molecule has 2 aromatic heterocycles. The molecule has 0 aliphatic rings. The normalized spacial score (nSPS) is 10.9. The maximum absolute atomic E-state index is 13.2. The molecule has 3 aromatic carbocycles. The van der Waals surface area contributed by atoms with Gasteiger partial charge in [0.25, 0.3) is 11.4 Å². The molecule has 9 nitrogen and oxygen atoms in total. The van der Waals surface area contributed by atoms with Gasteiger partial charge >= 0.3 is 0 Å². The van der Waals surface area contributed by atoms with Crippen LogP contribution in [0.2, 0.25) is 0 Å². The lowest BCUT2D eigenvalue weighted by Gasteiger charge is -2.10. The van der Waals surface area contributed by atoms with Crippen molar-refractivity contribution in [2.24, 2.45) is 0 Å². The Balaban J connectivity index is 1.69. The van der Waals surface area contributed by atoms with Gasteiger partial charge < -0.3 is 18.7 Å². The maximum Gasteiger partial charge on any atom is 0.279 e. The summed E-state index contributed by atoms with van der Waals surface area (Å²) in [7, 11) is 4.70. The molecule has 0 spiro atoms. The average molecular weight is 456 g/mol. The molecule has 5 aromatic rings. The SMILES string of the molecule is COc1cccc(-n2nc(-c3nc(-c4ccc(OC)cc4OC)no3)c3ccccc3c2=O)c1. The molecule has 0 saturated heterocycles. The summed E-state index contributed by atoms with van der Waals surface area (Å²) in [6, 6.07) is 19.6. The molecule has 0 aliphatic carbocycles. The molecule has 9 heteroatoms. The Kier molecular flexibility index (Phi) is 5.43. The summed E-state index contributed by atoms with van der Waals surface area (Å²) in [5.74, 6) is 2.26. The van der Waals surface area contributed by atoms with Crippen LogP contribution >= 0.6 is 0 Å². The zero-order valence-corrected chi connectivity index (χ0v) is 18.7. The van der Waals surface area contributed by atoms with Crippen molar-refractivity contribution in [2.45, 2.75) is 0 Å². The largest absolute Gasteiger partial charge is 0.497 e. The van der Waals surface area contributed by atoms with E-state index in [0.717, 1.165) is 0 Å². The standard InChI is InChI=1S/C25H20N4O5/c1-31-16-8-6-7-15(13-16)29-25(30)19-10-5-4-9-18(19)22(27-29)24-26-23(28-34-24)20-12-11-17(32-2)14-21(20)33-3/h4-14H,1-3H3. The van der Waals surface area contributed by atoms with E-state index in [1.54, 1.807) is 82.0 Å². The minimum Gasteiger partial charge on any atom is -0.497 e. The van der Waals surface area contributed by atoms with Gasteiger partial charge in [0.15, 0.2) is 5.69 Å². The zero-order chi connectivity index (χ0) is 23.7. The van der Waals surface area contributed by atoms with Crippen LogP contribution in [0, 0.1) is 0 Å². The smallest absolute Gasteiger partial charge is 0.279 e. The maximum atomic E-state index is 13.2. The molecule has 0 atom stereocenters. The summed E-state index contributed by atoms with van der Waals surface area (Å²) >= 11 is 0. The Morgan fingerprint density at radius 2 is 1.59 bits per heavy atom. The number of hydrogen-bond acceptors (Lipinski definition) is 8. The van der Waals surface area contributed by atoms with Crippen LogP contribution in [0.5, 0.6) is 17.2 Å². The first kappa shape index (κ1) is 21.2. The Bertz CT molecular complexity index is 1560. The van der Waals surface area contributed by atoms with Gasteiger partial charge in [-0.3, -0.25) is 4.79 Å². The van der Waals surface area contributed by atoms with Crippen molar-refractivity contribution in [2.75, 3.05) is 21.3 Å². The van der Waals surface area contributed by atoms with E-state index in [1.165, 1.54) is 4.68 Å². The monoisotopic (exact) mass is 456 g/mol. The number of ether oxygens (including phenoxy) is 3. The molecule has 2 heterocycles. The van der Waals surface area contributed by atoms with E-state index in [0.29, 0.717) is 50.8 Å². The van der Waals surface area contributed by atoms with E-state index in [9.17, 15) is 4.79 Å². The quantitative estimate of drug-likeness (QED) is 0.376. The molecule has 5 rings (SSSR count). The number of rotatable bonds is 6. The number of aromatic nitrogens is 4. The third kappa shape index (κ3) is 3.62. The van der Waals surface area contributed by atoms with E-state index >= 15 is 0 Å². The number of methoxy groups -OCH3 is 3. The first-order valence-corrected chi connectivity index (χ1v) is 10.4. The highest BCUT2D eigenvalue weighted by Crippen LogP contribution is 2.33. The van der Waals surface area contributed by atoms with Crippen LogP contribution in [0.15, 0.2) is 76.0 Å². The van der Waals surface area contributed by atoms with Crippen LogP contribution in [0.4, 0.5) is 0 Å². The van der Waals surface area contributed by atoms with Gasteiger partial charge in [-0.15, -0.1) is 0 Å². The Morgan fingerprint density at radius 1 is 0.824 bits per heavy atom. The molecule has 0 unspecified atom stereocenters. The van der Waals surface area contributed by atoms with Crippen LogP contribution in [0.25, 0.3) is 39.4 Å². The van der Waals surface area contributed by atoms with Crippen LogP contribution < -0.4 is 19.8 Å². The molecule has 170 valence electrons. The minimum absolute atomic E-state index is 0.167. The predicted molar refractivity (Wildman–Crippen MR) is 126 cm³/mol. The van der Waals surface area contributed by atoms with Gasteiger partial charge in [0.05, 0.1) is 38.0 Å². The van der Waals surface area contributed by atoms with Gasteiger partial charge in [0.1, 0.15) is 17.2 Å². The van der Waals surface area contributed by atoms with Crippen molar-refractivity contribution in [1.29, 1.82) is 0 Å². The van der Waals surface area contributed by atoms with Crippen LogP contribution in [-0.2, 0) is 0 Å². The summed E-state index contributed by atoms with van der Waals surface area (Å²) in [5.41, 5.74) is 1.28. The summed E-state index contributed by atoms with van der Waals surface area (Å²) < 4.78 is 22.9. The summed E-state index contributed by atoms with van der Waals surface area (Å²) in [6.45, 7) is 0. The highest BCUT2D eigenvalue weighted by Gasteiger charge is 2.20. The molecule has 34 heavy (non-hydrogen) atoms. The van der Waals surface area contributed by atoms with Crippen LogP contribution in [-0.4, -0.2) is 41.3 Å². The average Bonchev–Trinajstić information content (AvgIpc) is 3.38. The van der Waals surface area contributed by atoms with E-state index < -0.39 is 0 Å². The number of fused-ring (bicyclic) bond motifs is 1. The van der Waals surface area contributed by atoms with Crippen LogP contribution in [0.1, 0.15) is 0 Å². The fourth-order valence-corrected chi connectivity index (χ4v) is 3.68. The summed E-state index contributed by atoms with van der Waals surface area (Å²) in [4.78, 5) is 17.8. The highest BCUT2D eigenvalue weighted by atomic mass is 16.5. The Labute approximate surface area is 194 Å². The number of hydrogen-bond donors (Lipinski definition) is 0. The lowest BCUT2D eigenvalue weighted by molar-refractivity contribution is 0.394. The second-order valence-electron chi connectivity index (χ2n) is 7.30.